The normalized spacial score (nSPS) is 10.5. The lowest BCUT2D eigenvalue weighted by molar-refractivity contribution is 0.287. The zero-order chi connectivity index (χ0) is 10.9. The molecule has 0 atom stereocenters. The fourth-order valence-electron chi connectivity index (χ4n) is 1.31. The highest BCUT2D eigenvalue weighted by Gasteiger charge is 1.95. The molecule has 0 amide bonds. The van der Waals surface area contributed by atoms with Crippen LogP contribution in [-0.4, -0.2) is 24.5 Å². The van der Waals surface area contributed by atoms with Gasteiger partial charge in [0.05, 0.1) is 0 Å². The number of aliphatic hydroxyl groups is 1. The fraction of sp³-hybridized carbons (Fsp3) is 0.500. The lowest BCUT2D eigenvalue weighted by Gasteiger charge is -2.03. The van der Waals surface area contributed by atoms with Crippen LogP contribution in [0.2, 0.25) is 0 Å². The molecule has 15 heavy (non-hydrogen) atoms. The van der Waals surface area contributed by atoms with Crippen LogP contribution in [0, 0.1) is 0 Å². The van der Waals surface area contributed by atoms with Gasteiger partial charge in [-0.25, -0.2) is 0 Å². The third-order valence-corrected chi connectivity index (χ3v) is 3.22. The van der Waals surface area contributed by atoms with Crippen LogP contribution in [0.15, 0.2) is 29.2 Å². The first-order valence-electron chi connectivity index (χ1n) is 5.34. The highest BCUT2D eigenvalue weighted by molar-refractivity contribution is 7.99. The Hall–Kier alpha value is -0.510. The summed E-state index contributed by atoms with van der Waals surface area (Å²) in [5, 5.41) is 11.8. The molecule has 0 unspecified atom stereocenters. The van der Waals surface area contributed by atoms with E-state index in [4.69, 9.17) is 5.11 Å². The monoisotopic (exact) mass is 225 g/mol. The Labute approximate surface area is 96.1 Å². The van der Waals surface area contributed by atoms with Crippen molar-refractivity contribution in [3.8, 4) is 0 Å². The van der Waals surface area contributed by atoms with Crippen LogP contribution in [0.3, 0.4) is 0 Å². The van der Waals surface area contributed by atoms with Crippen molar-refractivity contribution >= 4 is 11.8 Å². The molecule has 0 saturated heterocycles. The minimum atomic E-state index is 0.307. The van der Waals surface area contributed by atoms with Crippen LogP contribution in [0.5, 0.6) is 0 Å². The van der Waals surface area contributed by atoms with Crippen LogP contribution in [0.25, 0.3) is 0 Å². The van der Waals surface area contributed by atoms with E-state index in [9.17, 15) is 0 Å². The maximum absolute atomic E-state index is 8.64. The average Bonchev–Trinajstić information content (AvgIpc) is 2.27. The van der Waals surface area contributed by atoms with Gasteiger partial charge in [-0.2, -0.15) is 0 Å². The molecule has 1 rings (SSSR count). The standard InChI is InChI=1S/C12H19NOS/c1-13-10-11-4-6-12(7-5-11)15-9-3-2-8-14/h4-7,13-14H,2-3,8-10H2,1H3. The van der Waals surface area contributed by atoms with Crippen molar-refractivity contribution in [2.24, 2.45) is 0 Å². The summed E-state index contributed by atoms with van der Waals surface area (Å²) in [5.41, 5.74) is 1.32. The van der Waals surface area contributed by atoms with Crippen molar-refractivity contribution in [3.05, 3.63) is 29.8 Å². The molecule has 1 aromatic carbocycles. The molecule has 0 bridgehead atoms. The predicted molar refractivity (Wildman–Crippen MR) is 66.2 cm³/mol. The Morgan fingerprint density at radius 2 is 1.93 bits per heavy atom. The number of thioether (sulfide) groups is 1. The maximum atomic E-state index is 8.64. The van der Waals surface area contributed by atoms with E-state index in [1.165, 1.54) is 10.5 Å². The van der Waals surface area contributed by atoms with Crippen LogP contribution in [0.1, 0.15) is 18.4 Å². The van der Waals surface area contributed by atoms with Gasteiger partial charge in [0.25, 0.3) is 0 Å². The summed E-state index contributed by atoms with van der Waals surface area (Å²) in [4.78, 5) is 1.31. The Morgan fingerprint density at radius 3 is 2.53 bits per heavy atom. The molecular formula is C12H19NOS. The summed E-state index contributed by atoms with van der Waals surface area (Å²) in [6.45, 7) is 1.23. The van der Waals surface area contributed by atoms with Gasteiger partial charge in [-0.3, -0.25) is 0 Å². The number of aliphatic hydroxyl groups excluding tert-OH is 1. The minimum absolute atomic E-state index is 0.307. The lowest BCUT2D eigenvalue weighted by Crippen LogP contribution is -2.04. The van der Waals surface area contributed by atoms with E-state index in [1.807, 2.05) is 18.8 Å². The molecule has 0 radical (unpaired) electrons. The number of unbranched alkanes of at least 4 members (excludes halogenated alkanes) is 1. The van der Waals surface area contributed by atoms with Crippen molar-refractivity contribution in [1.82, 2.24) is 5.32 Å². The van der Waals surface area contributed by atoms with E-state index >= 15 is 0 Å². The quantitative estimate of drug-likeness (QED) is 0.551. The van der Waals surface area contributed by atoms with Crippen molar-refractivity contribution in [1.29, 1.82) is 0 Å². The first kappa shape index (κ1) is 12.6. The zero-order valence-electron chi connectivity index (χ0n) is 9.20. The van der Waals surface area contributed by atoms with Crippen molar-refractivity contribution in [3.63, 3.8) is 0 Å². The predicted octanol–water partition coefficient (Wildman–Crippen LogP) is 2.27. The fourth-order valence-corrected chi connectivity index (χ4v) is 2.22. The topological polar surface area (TPSA) is 32.3 Å². The maximum Gasteiger partial charge on any atom is 0.0431 e. The van der Waals surface area contributed by atoms with E-state index < -0.39 is 0 Å². The average molecular weight is 225 g/mol. The first-order valence-corrected chi connectivity index (χ1v) is 6.32. The minimum Gasteiger partial charge on any atom is -0.396 e. The largest absolute Gasteiger partial charge is 0.396 e. The molecule has 0 saturated carbocycles. The SMILES string of the molecule is CNCc1ccc(SCCCCO)cc1. The van der Waals surface area contributed by atoms with Crippen molar-refractivity contribution in [2.75, 3.05) is 19.4 Å². The van der Waals surface area contributed by atoms with E-state index in [1.54, 1.807) is 0 Å². The van der Waals surface area contributed by atoms with Gasteiger partial charge in [-0.1, -0.05) is 12.1 Å². The number of benzene rings is 1. The van der Waals surface area contributed by atoms with Crippen molar-refractivity contribution in [2.45, 2.75) is 24.3 Å². The Bertz CT molecular complexity index is 261. The van der Waals surface area contributed by atoms with E-state index in [0.29, 0.717) is 6.61 Å². The summed E-state index contributed by atoms with van der Waals surface area (Å²) in [7, 11) is 1.96. The van der Waals surface area contributed by atoms with Gasteiger partial charge in [0, 0.05) is 18.0 Å². The third kappa shape index (κ3) is 5.21. The van der Waals surface area contributed by atoms with E-state index in [0.717, 1.165) is 25.1 Å². The molecule has 3 heteroatoms. The molecule has 0 aliphatic heterocycles. The Balaban J connectivity index is 2.29. The summed E-state index contributed by atoms with van der Waals surface area (Å²) in [5.74, 6) is 1.09. The molecule has 84 valence electrons. The van der Waals surface area contributed by atoms with Crippen LogP contribution < -0.4 is 5.32 Å². The molecule has 0 aromatic heterocycles. The van der Waals surface area contributed by atoms with Gasteiger partial charge in [0.1, 0.15) is 0 Å². The summed E-state index contributed by atoms with van der Waals surface area (Å²) < 4.78 is 0. The van der Waals surface area contributed by atoms with Crippen LogP contribution >= 0.6 is 11.8 Å². The first-order chi connectivity index (χ1) is 7.36. The Kier molecular flexibility index (Phi) is 6.48. The van der Waals surface area contributed by atoms with Gasteiger partial charge in [-0.15, -0.1) is 11.8 Å². The van der Waals surface area contributed by atoms with Crippen molar-refractivity contribution < 1.29 is 5.11 Å². The highest BCUT2D eigenvalue weighted by atomic mass is 32.2. The molecule has 2 N–H and O–H groups in total. The number of hydrogen-bond donors (Lipinski definition) is 2. The molecule has 1 aromatic rings. The van der Waals surface area contributed by atoms with Gasteiger partial charge in [-0.05, 0) is 43.3 Å². The molecule has 0 spiro atoms. The second-order valence-corrected chi connectivity index (χ2v) is 4.62. The summed E-state index contributed by atoms with van der Waals surface area (Å²) in [6.07, 6.45) is 1.99. The highest BCUT2D eigenvalue weighted by Crippen LogP contribution is 2.19. The summed E-state index contributed by atoms with van der Waals surface area (Å²) >= 11 is 1.86. The molecular weight excluding hydrogens is 206 g/mol. The number of nitrogens with one attached hydrogen (secondary N) is 1. The van der Waals surface area contributed by atoms with Gasteiger partial charge in [0.2, 0.25) is 0 Å². The lowest BCUT2D eigenvalue weighted by atomic mass is 10.2. The van der Waals surface area contributed by atoms with Gasteiger partial charge < -0.3 is 10.4 Å². The summed E-state index contributed by atoms with van der Waals surface area (Å²) in [6, 6.07) is 8.64. The zero-order valence-corrected chi connectivity index (χ0v) is 10.0. The smallest absolute Gasteiger partial charge is 0.0431 e. The third-order valence-electron chi connectivity index (χ3n) is 2.13. The second kappa shape index (κ2) is 7.74. The Morgan fingerprint density at radius 1 is 1.20 bits per heavy atom. The molecule has 0 fully saturated rings. The van der Waals surface area contributed by atoms with Crippen LogP contribution in [-0.2, 0) is 6.54 Å². The van der Waals surface area contributed by atoms with Gasteiger partial charge >= 0.3 is 0 Å². The molecule has 0 aliphatic rings. The van der Waals surface area contributed by atoms with Crippen LogP contribution in [0.4, 0.5) is 0 Å². The number of rotatable bonds is 7. The number of hydrogen-bond acceptors (Lipinski definition) is 3. The second-order valence-electron chi connectivity index (χ2n) is 3.45. The molecule has 0 heterocycles. The van der Waals surface area contributed by atoms with Gasteiger partial charge in [0.15, 0.2) is 0 Å². The molecule has 2 nitrogen and oxygen atoms in total. The molecule has 0 aliphatic carbocycles. The van der Waals surface area contributed by atoms with E-state index in [2.05, 4.69) is 29.6 Å². The van der Waals surface area contributed by atoms with E-state index in [-0.39, 0.29) is 0 Å².